The largest absolute Gasteiger partial charge is 0.398 e. The van der Waals surface area contributed by atoms with Gasteiger partial charge < -0.3 is 15.9 Å². The van der Waals surface area contributed by atoms with E-state index in [1.165, 1.54) is 0 Å². The van der Waals surface area contributed by atoms with Crippen LogP contribution in [0, 0.1) is 6.92 Å². The first-order valence-corrected chi connectivity index (χ1v) is 5.86. The van der Waals surface area contributed by atoms with Gasteiger partial charge in [0.25, 0.3) is 0 Å². The van der Waals surface area contributed by atoms with Crippen LogP contribution in [0.15, 0.2) is 12.1 Å². The minimum atomic E-state index is -1.04. The van der Waals surface area contributed by atoms with Crippen molar-refractivity contribution in [3.63, 3.8) is 0 Å². The van der Waals surface area contributed by atoms with Gasteiger partial charge in [0.2, 0.25) is 0 Å². The highest BCUT2D eigenvalue weighted by Crippen LogP contribution is 2.31. The van der Waals surface area contributed by atoms with Crippen molar-refractivity contribution in [2.75, 3.05) is 11.6 Å². The molecule has 0 aliphatic heterocycles. The average molecular weight is 264 g/mol. The van der Waals surface area contributed by atoms with Crippen LogP contribution in [-0.2, 0) is 0 Å². The summed E-state index contributed by atoms with van der Waals surface area (Å²) in [5.41, 5.74) is 7.42. The van der Waals surface area contributed by atoms with Crippen molar-refractivity contribution in [2.45, 2.75) is 25.6 Å². The zero-order valence-corrected chi connectivity index (χ0v) is 10.5. The molecule has 3 nitrogen and oxygen atoms in total. The quantitative estimate of drug-likeness (QED) is 0.577. The number of aliphatic hydroxyl groups excluding tert-OH is 2. The molecule has 2 atom stereocenters. The predicted molar refractivity (Wildman–Crippen MR) is 66.9 cm³/mol. The summed E-state index contributed by atoms with van der Waals surface area (Å²) < 4.78 is 0. The first kappa shape index (κ1) is 13.6. The molecule has 0 spiro atoms. The number of rotatable bonds is 4. The van der Waals surface area contributed by atoms with Crippen LogP contribution >= 0.6 is 23.2 Å². The molecule has 0 bridgehead atoms. The maximum Gasteiger partial charge on any atom is 0.106 e. The van der Waals surface area contributed by atoms with Gasteiger partial charge in [-0.3, -0.25) is 0 Å². The van der Waals surface area contributed by atoms with Crippen molar-refractivity contribution < 1.29 is 10.2 Å². The molecule has 0 saturated heterocycles. The Balaban J connectivity index is 3.00. The number of hydrogen-bond donors (Lipinski definition) is 3. The van der Waals surface area contributed by atoms with Crippen molar-refractivity contribution in [1.82, 2.24) is 0 Å². The van der Waals surface area contributed by atoms with E-state index in [0.29, 0.717) is 28.3 Å². The summed E-state index contributed by atoms with van der Waals surface area (Å²) in [5, 5.41) is 19.9. The Labute approximate surface area is 105 Å². The van der Waals surface area contributed by atoms with Crippen molar-refractivity contribution in [3.05, 3.63) is 28.3 Å². The molecule has 1 aromatic rings. The molecular weight excluding hydrogens is 249 g/mol. The third-order valence-electron chi connectivity index (χ3n) is 2.55. The number of halogens is 2. The highest BCUT2D eigenvalue weighted by molar-refractivity contribution is 6.32. The summed E-state index contributed by atoms with van der Waals surface area (Å²) in [6, 6.07) is 3.28. The predicted octanol–water partition coefficient (Wildman–Crippen LogP) is 2.25. The molecular formula is C11H15Cl2NO2. The van der Waals surface area contributed by atoms with Gasteiger partial charge in [0.1, 0.15) is 6.10 Å². The Bertz CT molecular complexity index is 371. The summed E-state index contributed by atoms with van der Waals surface area (Å²) in [7, 11) is 0. The van der Waals surface area contributed by atoms with E-state index in [4.69, 9.17) is 28.9 Å². The molecule has 0 saturated carbocycles. The second-order valence-corrected chi connectivity index (χ2v) is 4.43. The van der Waals surface area contributed by atoms with E-state index in [0.717, 1.165) is 0 Å². The monoisotopic (exact) mass is 263 g/mol. The van der Waals surface area contributed by atoms with Crippen LogP contribution in [0.2, 0.25) is 5.02 Å². The van der Waals surface area contributed by atoms with Crippen LogP contribution in [0.3, 0.4) is 0 Å². The molecule has 16 heavy (non-hydrogen) atoms. The van der Waals surface area contributed by atoms with E-state index in [2.05, 4.69) is 0 Å². The van der Waals surface area contributed by atoms with E-state index < -0.39 is 12.2 Å². The summed E-state index contributed by atoms with van der Waals surface area (Å²) >= 11 is 11.6. The second-order valence-electron chi connectivity index (χ2n) is 3.67. The minimum Gasteiger partial charge on any atom is -0.398 e. The number of benzene rings is 1. The lowest BCUT2D eigenvalue weighted by Gasteiger charge is -2.19. The lowest BCUT2D eigenvalue weighted by Crippen LogP contribution is -2.19. The molecule has 0 heterocycles. The zero-order chi connectivity index (χ0) is 12.3. The van der Waals surface area contributed by atoms with E-state index >= 15 is 0 Å². The molecule has 0 radical (unpaired) electrons. The first-order chi connectivity index (χ1) is 7.49. The van der Waals surface area contributed by atoms with E-state index in [1.54, 1.807) is 19.1 Å². The molecule has 1 rings (SSSR count). The normalized spacial score (nSPS) is 14.8. The molecule has 5 heteroatoms. The van der Waals surface area contributed by atoms with Gasteiger partial charge in [0, 0.05) is 17.1 Å². The first-order valence-electron chi connectivity index (χ1n) is 4.95. The molecule has 90 valence electrons. The number of anilines is 1. The Morgan fingerprint density at radius 3 is 2.56 bits per heavy atom. The minimum absolute atomic E-state index is 0.282. The third kappa shape index (κ3) is 2.80. The molecule has 0 fully saturated rings. The van der Waals surface area contributed by atoms with Crippen molar-refractivity contribution in [1.29, 1.82) is 0 Å². The Morgan fingerprint density at radius 1 is 1.38 bits per heavy atom. The van der Waals surface area contributed by atoms with Gasteiger partial charge in [-0.15, -0.1) is 11.6 Å². The average Bonchev–Trinajstić information content (AvgIpc) is 2.26. The smallest absolute Gasteiger partial charge is 0.106 e. The van der Waals surface area contributed by atoms with Gasteiger partial charge >= 0.3 is 0 Å². The molecule has 4 N–H and O–H groups in total. The van der Waals surface area contributed by atoms with Crippen LogP contribution in [0.25, 0.3) is 0 Å². The number of aliphatic hydroxyl groups is 2. The van der Waals surface area contributed by atoms with Crippen LogP contribution in [0.1, 0.15) is 23.7 Å². The molecule has 1 aromatic carbocycles. The summed E-state index contributed by atoms with van der Waals surface area (Å²) in [6.45, 7) is 1.77. The maximum atomic E-state index is 9.88. The Kier molecular flexibility index (Phi) is 4.87. The molecule has 2 unspecified atom stereocenters. The van der Waals surface area contributed by atoms with Crippen LogP contribution in [-0.4, -0.2) is 22.2 Å². The van der Waals surface area contributed by atoms with Crippen molar-refractivity contribution >= 4 is 28.9 Å². The molecule has 0 aromatic heterocycles. The van der Waals surface area contributed by atoms with E-state index in [-0.39, 0.29) is 5.88 Å². The maximum absolute atomic E-state index is 9.88. The van der Waals surface area contributed by atoms with E-state index in [1.807, 2.05) is 0 Å². The molecule has 0 aliphatic rings. The SMILES string of the molecule is Cc1c(N)ccc(C(O)C(O)CCCl)c1Cl. The van der Waals surface area contributed by atoms with Gasteiger partial charge in [-0.1, -0.05) is 17.7 Å². The fraction of sp³-hybridized carbons (Fsp3) is 0.455. The molecule has 0 aliphatic carbocycles. The highest BCUT2D eigenvalue weighted by Gasteiger charge is 2.21. The lowest BCUT2D eigenvalue weighted by molar-refractivity contribution is 0.0170. The lowest BCUT2D eigenvalue weighted by atomic mass is 10.00. The standard InChI is InChI=1S/C11H15Cl2NO2/c1-6-8(14)3-2-7(10(6)13)11(16)9(15)4-5-12/h2-3,9,11,15-16H,4-5,14H2,1H3. The number of hydrogen-bond acceptors (Lipinski definition) is 3. The fourth-order valence-corrected chi connectivity index (χ4v) is 1.93. The molecule has 0 amide bonds. The summed E-state index contributed by atoms with van der Waals surface area (Å²) in [6.07, 6.45) is -1.65. The van der Waals surface area contributed by atoms with Crippen LogP contribution in [0.4, 0.5) is 5.69 Å². The summed E-state index contributed by atoms with van der Waals surface area (Å²) in [4.78, 5) is 0. The number of nitrogen functional groups attached to an aromatic ring is 1. The fourth-order valence-electron chi connectivity index (χ4n) is 1.43. The van der Waals surface area contributed by atoms with Crippen LogP contribution in [0.5, 0.6) is 0 Å². The Morgan fingerprint density at radius 2 is 2.00 bits per heavy atom. The van der Waals surface area contributed by atoms with Gasteiger partial charge in [0.05, 0.1) is 11.1 Å². The van der Waals surface area contributed by atoms with Crippen LogP contribution < -0.4 is 5.73 Å². The number of alkyl halides is 1. The van der Waals surface area contributed by atoms with E-state index in [9.17, 15) is 10.2 Å². The topological polar surface area (TPSA) is 66.5 Å². The van der Waals surface area contributed by atoms with Gasteiger partial charge in [-0.25, -0.2) is 0 Å². The van der Waals surface area contributed by atoms with Crippen molar-refractivity contribution in [2.24, 2.45) is 0 Å². The summed E-state index contributed by atoms with van der Waals surface area (Å²) in [5.74, 6) is 0.282. The zero-order valence-electron chi connectivity index (χ0n) is 8.95. The van der Waals surface area contributed by atoms with Crippen molar-refractivity contribution in [3.8, 4) is 0 Å². The van der Waals surface area contributed by atoms with Gasteiger partial charge in [-0.05, 0) is 25.0 Å². The number of nitrogens with two attached hydrogens (primary N) is 1. The van der Waals surface area contributed by atoms with Gasteiger partial charge in [-0.2, -0.15) is 0 Å². The highest BCUT2D eigenvalue weighted by atomic mass is 35.5. The van der Waals surface area contributed by atoms with Gasteiger partial charge in [0.15, 0.2) is 0 Å². The second kappa shape index (κ2) is 5.73. The Hall–Kier alpha value is -0.480. The third-order valence-corrected chi connectivity index (χ3v) is 3.27.